The highest BCUT2D eigenvalue weighted by molar-refractivity contribution is 8.28. The minimum absolute atomic E-state index is 0.0293. The number of carbonyl (C=O) groups is 2. The van der Waals surface area contributed by atoms with Gasteiger partial charge in [-0.05, 0) is 49.6 Å². The lowest BCUT2D eigenvalue weighted by Gasteiger charge is -2.17. The fourth-order valence-corrected chi connectivity index (χ4v) is 5.15. The highest BCUT2D eigenvalue weighted by Gasteiger charge is 2.31. The van der Waals surface area contributed by atoms with Crippen LogP contribution >= 0.6 is 11.8 Å². The van der Waals surface area contributed by atoms with Gasteiger partial charge in [0.25, 0.3) is 11.5 Å². The Hall–Kier alpha value is -4.69. The summed E-state index contributed by atoms with van der Waals surface area (Å²) < 4.78 is 1.30. The smallest absolute Gasteiger partial charge is 0.280 e. The summed E-state index contributed by atoms with van der Waals surface area (Å²) in [5, 5.41) is 36.0. The first-order valence-electron chi connectivity index (χ1n) is 14.0. The number of nitrogens with two attached hydrogens (primary N) is 1. The number of aryl methyl sites for hydroxylation is 2. The van der Waals surface area contributed by atoms with Crippen molar-refractivity contribution in [2.24, 2.45) is 0 Å². The number of aliphatic hydroxyl groups is 1. The monoisotopic (exact) mass is 619 g/mol. The maximum atomic E-state index is 13.3. The number of thioether (sulfide) groups is 1. The second-order valence-electron chi connectivity index (χ2n) is 9.85. The second-order valence-corrected chi connectivity index (χ2v) is 10.9. The van der Waals surface area contributed by atoms with Crippen molar-refractivity contribution in [1.82, 2.24) is 25.1 Å². The number of benzene rings is 1. The fraction of sp³-hybridized carbons (Fsp3) is 0.333. The van der Waals surface area contributed by atoms with Crippen LogP contribution in [0.3, 0.4) is 0 Å². The highest BCUT2D eigenvalue weighted by Crippen LogP contribution is 2.24. The Morgan fingerprint density at radius 2 is 1.93 bits per heavy atom. The van der Waals surface area contributed by atoms with Crippen LogP contribution in [-0.2, 0) is 16.0 Å². The first-order chi connectivity index (χ1) is 21.2. The molecular formula is C30H37N9O4S. The number of nitrogen functional groups attached to an aromatic ring is 1. The number of unbranched alkanes of at least 4 members (excludes halogenated alkanes) is 1. The molecule has 0 bridgehead atoms. The molecule has 1 aliphatic heterocycles. The lowest BCUT2D eigenvalue weighted by atomic mass is 10.0. The van der Waals surface area contributed by atoms with Crippen LogP contribution in [-0.4, -0.2) is 60.4 Å². The van der Waals surface area contributed by atoms with E-state index in [1.807, 2.05) is 13.0 Å². The molecule has 1 aromatic carbocycles. The number of anilines is 2. The summed E-state index contributed by atoms with van der Waals surface area (Å²) in [4.78, 5) is 43.6. The molecule has 232 valence electrons. The number of amides is 2. The zero-order valence-electron chi connectivity index (χ0n) is 24.9. The van der Waals surface area contributed by atoms with Gasteiger partial charge >= 0.3 is 0 Å². The van der Waals surface area contributed by atoms with Crippen molar-refractivity contribution >= 4 is 51.2 Å². The van der Waals surface area contributed by atoms with Crippen LogP contribution in [0.4, 0.5) is 11.5 Å². The van der Waals surface area contributed by atoms with Crippen LogP contribution in [0.15, 0.2) is 53.1 Å². The highest BCUT2D eigenvalue weighted by atomic mass is 32.2. The molecule has 1 aliphatic rings. The number of aliphatic hydroxyl groups excluding tert-OH is 1. The van der Waals surface area contributed by atoms with E-state index >= 15 is 0 Å². The Balaban J connectivity index is 0.00000259. The Bertz CT molecular complexity index is 1590. The van der Waals surface area contributed by atoms with E-state index in [-0.39, 0.29) is 23.2 Å². The number of rotatable bonds is 9. The molecule has 0 spiro atoms. The summed E-state index contributed by atoms with van der Waals surface area (Å²) in [5.41, 5.74) is 8.50. The zero-order chi connectivity index (χ0) is 32.2. The lowest BCUT2D eigenvalue weighted by Crippen LogP contribution is -2.38. The van der Waals surface area contributed by atoms with Crippen molar-refractivity contribution < 1.29 is 14.7 Å². The number of hydrogen-bond acceptors (Lipinski definition) is 11. The molecule has 0 fully saturated rings. The quantitative estimate of drug-likeness (QED) is 0.153. The van der Waals surface area contributed by atoms with Gasteiger partial charge in [0.05, 0.1) is 12.4 Å². The van der Waals surface area contributed by atoms with Gasteiger partial charge in [-0.1, -0.05) is 49.2 Å². The third-order valence-corrected chi connectivity index (χ3v) is 7.66. The second kappa shape index (κ2) is 16.2. The molecule has 7 N–H and O–H groups in total. The third kappa shape index (κ3) is 8.45. The first-order valence-corrected chi connectivity index (χ1v) is 14.8. The van der Waals surface area contributed by atoms with Crippen molar-refractivity contribution in [2.75, 3.05) is 24.7 Å². The molecule has 3 heterocycles. The molecule has 0 saturated carbocycles. The number of hydrogen-bond donors (Lipinski definition) is 6. The number of nitrogens with one attached hydrogen (secondary N) is 4. The number of nitrogens with zero attached hydrogens (tertiary/aromatic N) is 4. The Morgan fingerprint density at radius 1 is 1.20 bits per heavy atom. The van der Waals surface area contributed by atoms with E-state index in [2.05, 4.69) is 32.7 Å². The molecule has 2 aromatic heterocycles. The maximum Gasteiger partial charge on any atom is 0.280 e. The van der Waals surface area contributed by atoms with E-state index in [4.69, 9.17) is 21.7 Å². The average molecular weight is 620 g/mol. The van der Waals surface area contributed by atoms with Crippen LogP contribution in [0.25, 0.3) is 6.08 Å². The van der Waals surface area contributed by atoms with E-state index < -0.39 is 22.6 Å². The van der Waals surface area contributed by atoms with Gasteiger partial charge in [0.1, 0.15) is 22.6 Å². The first kappa shape index (κ1) is 33.8. The summed E-state index contributed by atoms with van der Waals surface area (Å²) in [7, 11) is 1.00. The van der Waals surface area contributed by atoms with Gasteiger partial charge in [-0.3, -0.25) is 29.8 Å². The summed E-state index contributed by atoms with van der Waals surface area (Å²) in [6.07, 6.45) is 8.29. The molecule has 2 amide bonds. The summed E-state index contributed by atoms with van der Waals surface area (Å²) in [6.45, 7) is 4.25. The van der Waals surface area contributed by atoms with Gasteiger partial charge in [-0.15, -0.1) is 5.10 Å². The summed E-state index contributed by atoms with van der Waals surface area (Å²) in [6, 6.07) is 7.94. The van der Waals surface area contributed by atoms with E-state index in [0.29, 0.717) is 41.8 Å². The number of carbonyl (C=O) groups excluding carboxylic acids is 2. The van der Waals surface area contributed by atoms with Crippen molar-refractivity contribution in [1.29, 1.82) is 10.8 Å². The SMILES string of the molecule is CCCC/C(=C\c1c(C)cnnc1N)CNC(=O)C1CCc2ncc(NC(=O)C(=N)SC(=N)c3ccccc3)c(=O)n21.CO. The minimum Gasteiger partial charge on any atom is -0.400 e. The van der Waals surface area contributed by atoms with Crippen LogP contribution < -0.4 is 21.9 Å². The molecule has 13 nitrogen and oxygen atoms in total. The molecule has 14 heteroatoms. The van der Waals surface area contributed by atoms with Gasteiger partial charge in [0.2, 0.25) is 5.91 Å². The van der Waals surface area contributed by atoms with Crippen LogP contribution in [0.5, 0.6) is 0 Å². The molecule has 0 aliphatic carbocycles. The molecule has 0 radical (unpaired) electrons. The van der Waals surface area contributed by atoms with Crippen molar-refractivity contribution in [3.05, 3.63) is 81.2 Å². The van der Waals surface area contributed by atoms with Crippen LogP contribution in [0.2, 0.25) is 0 Å². The molecule has 0 saturated heterocycles. The number of fused-ring (bicyclic) bond motifs is 1. The van der Waals surface area contributed by atoms with Gasteiger partial charge in [-0.2, -0.15) is 5.10 Å². The van der Waals surface area contributed by atoms with Gasteiger partial charge in [-0.25, -0.2) is 4.98 Å². The number of aromatic nitrogens is 4. The molecular weight excluding hydrogens is 582 g/mol. The van der Waals surface area contributed by atoms with Crippen molar-refractivity contribution in [2.45, 2.75) is 52.0 Å². The van der Waals surface area contributed by atoms with Gasteiger partial charge in [0.15, 0.2) is 10.9 Å². The van der Waals surface area contributed by atoms with E-state index in [0.717, 1.165) is 43.1 Å². The average Bonchev–Trinajstić information content (AvgIpc) is 3.47. The van der Waals surface area contributed by atoms with Crippen molar-refractivity contribution in [3.63, 3.8) is 0 Å². The summed E-state index contributed by atoms with van der Waals surface area (Å²) in [5.74, 6) is -0.414. The van der Waals surface area contributed by atoms with Crippen molar-refractivity contribution in [3.8, 4) is 0 Å². The predicted molar refractivity (Wildman–Crippen MR) is 173 cm³/mol. The molecule has 1 unspecified atom stereocenters. The molecule has 1 atom stereocenters. The normalized spacial score (nSPS) is 13.7. The van der Waals surface area contributed by atoms with Gasteiger partial charge < -0.3 is 21.5 Å². The largest absolute Gasteiger partial charge is 0.400 e. The van der Waals surface area contributed by atoms with Crippen LogP contribution in [0, 0.1) is 17.7 Å². The maximum absolute atomic E-state index is 13.3. The van der Waals surface area contributed by atoms with E-state index in [9.17, 15) is 14.4 Å². The molecule has 3 aromatic rings. The third-order valence-electron chi connectivity index (χ3n) is 6.83. The Labute approximate surface area is 259 Å². The lowest BCUT2D eigenvalue weighted by molar-refractivity contribution is -0.124. The van der Waals surface area contributed by atoms with E-state index in [1.165, 1.54) is 10.8 Å². The zero-order valence-corrected chi connectivity index (χ0v) is 25.7. The Morgan fingerprint density at radius 3 is 2.61 bits per heavy atom. The van der Waals surface area contributed by atoms with E-state index in [1.54, 1.807) is 36.5 Å². The van der Waals surface area contributed by atoms with Crippen LogP contribution in [0.1, 0.15) is 61.2 Å². The fourth-order valence-electron chi connectivity index (χ4n) is 4.54. The Kier molecular flexibility index (Phi) is 12.5. The summed E-state index contributed by atoms with van der Waals surface area (Å²) >= 11 is 0.674. The standard InChI is InChI=1S/C29H33N9O3S.CH4O/c1-3-4-8-18(13-20-17(2)14-35-37-24(20)30)15-34-27(39)22-11-12-23-33-16-21(29(41)38(22)23)36-28(40)26(32)42-25(31)19-9-6-5-7-10-19;1-2/h5-7,9-10,13-14,16,22,31-32H,3-4,8,11-12,15H2,1-2H3,(H2,30,37)(H,34,39)(H,36,40);2H,1H3/b18-13+,31-25?,32-26?;. The molecule has 4 rings (SSSR count). The minimum atomic E-state index is -0.843. The topological polar surface area (TPSA) is 213 Å². The molecule has 44 heavy (non-hydrogen) atoms. The van der Waals surface area contributed by atoms with Gasteiger partial charge in [0, 0.05) is 31.2 Å². The predicted octanol–water partition coefficient (Wildman–Crippen LogP) is 3.08.